The highest BCUT2D eigenvalue weighted by atomic mass is 32.1. The first-order valence-corrected chi connectivity index (χ1v) is 8.87. The first-order valence-electron chi connectivity index (χ1n) is 7.92. The number of ether oxygens (including phenoxy) is 1. The molecule has 0 N–H and O–H groups in total. The highest BCUT2D eigenvalue weighted by Crippen LogP contribution is 2.32. The van der Waals surface area contributed by atoms with E-state index in [1.807, 2.05) is 29.6 Å². The van der Waals surface area contributed by atoms with Gasteiger partial charge in [0.05, 0.1) is 13.1 Å². The van der Waals surface area contributed by atoms with Crippen LogP contribution in [0.25, 0.3) is 11.1 Å². The average Bonchev–Trinajstić information content (AvgIpc) is 3.29. The quantitative estimate of drug-likeness (QED) is 0.843. The molecule has 2 aliphatic rings. The van der Waals surface area contributed by atoms with Crippen LogP contribution in [0.4, 0.5) is 4.79 Å². The molecule has 1 unspecified atom stereocenters. The Hall–Kier alpha value is -2.34. The summed E-state index contributed by atoms with van der Waals surface area (Å²) in [6.45, 7) is 1.63. The van der Waals surface area contributed by atoms with Crippen LogP contribution in [0.3, 0.4) is 0 Å². The number of benzene rings is 1. The molecule has 0 bridgehead atoms. The lowest BCUT2D eigenvalue weighted by Gasteiger charge is -2.21. The number of thiophene rings is 1. The number of nitrogens with zero attached hydrogens (tertiary/aromatic N) is 2. The van der Waals surface area contributed by atoms with Crippen LogP contribution in [0, 0.1) is 0 Å². The predicted octanol–water partition coefficient (Wildman–Crippen LogP) is 3.08. The van der Waals surface area contributed by atoms with Crippen molar-refractivity contribution < 1.29 is 14.3 Å². The van der Waals surface area contributed by atoms with Gasteiger partial charge in [0.1, 0.15) is 0 Å². The Balaban J connectivity index is 1.48. The third-order valence-corrected chi connectivity index (χ3v) is 5.41. The smallest absolute Gasteiger partial charge is 0.410 e. The van der Waals surface area contributed by atoms with E-state index in [2.05, 4.69) is 11.4 Å². The molecule has 5 nitrogen and oxygen atoms in total. The Morgan fingerprint density at radius 1 is 1.17 bits per heavy atom. The molecule has 124 valence electrons. The fourth-order valence-electron chi connectivity index (χ4n) is 3.44. The zero-order chi connectivity index (χ0) is 16.7. The average molecular weight is 342 g/mol. The normalized spacial score (nSPS) is 23.1. The van der Waals surface area contributed by atoms with E-state index in [-0.39, 0.29) is 12.0 Å². The van der Waals surface area contributed by atoms with Gasteiger partial charge in [-0.05, 0) is 40.1 Å². The van der Waals surface area contributed by atoms with Crippen molar-refractivity contribution in [2.24, 2.45) is 0 Å². The van der Waals surface area contributed by atoms with E-state index in [1.165, 1.54) is 5.56 Å². The Bertz CT molecular complexity index is 772. The van der Waals surface area contributed by atoms with Crippen LogP contribution >= 0.6 is 11.3 Å². The topological polar surface area (TPSA) is 49.9 Å². The van der Waals surface area contributed by atoms with E-state index in [0.29, 0.717) is 31.6 Å². The van der Waals surface area contributed by atoms with E-state index in [4.69, 9.17) is 4.74 Å². The van der Waals surface area contributed by atoms with Gasteiger partial charge in [-0.15, -0.1) is 0 Å². The van der Waals surface area contributed by atoms with Crippen LogP contribution in [0.15, 0.2) is 41.1 Å². The first kappa shape index (κ1) is 15.2. The van der Waals surface area contributed by atoms with Crippen LogP contribution in [0.1, 0.15) is 16.8 Å². The molecule has 2 fully saturated rings. The summed E-state index contributed by atoms with van der Waals surface area (Å²) in [7, 11) is 1.73. The molecule has 0 radical (unpaired) electrons. The van der Waals surface area contributed by atoms with Gasteiger partial charge in [-0.2, -0.15) is 11.3 Å². The number of hydrogen-bond acceptors (Lipinski definition) is 4. The number of likely N-dealkylation sites (tertiary alicyclic amines) is 1. The van der Waals surface area contributed by atoms with E-state index in [9.17, 15) is 9.59 Å². The summed E-state index contributed by atoms with van der Waals surface area (Å²) in [6, 6.07) is 9.76. The predicted molar refractivity (Wildman–Crippen MR) is 92.1 cm³/mol. The number of carbonyl (C=O) groups is 2. The van der Waals surface area contributed by atoms with Crippen LogP contribution in [-0.4, -0.2) is 54.1 Å². The number of rotatable bonds is 2. The van der Waals surface area contributed by atoms with Gasteiger partial charge in [0, 0.05) is 25.6 Å². The van der Waals surface area contributed by atoms with Crippen molar-refractivity contribution in [2.45, 2.75) is 12.0 Å². The molecule has 1 atom stereocenters. The molecule has 4 rings (SSSR count). The Labute approximate surface area is 144 Å². The lowest BCUT2D eigenvalue weighted by atomic mass is 10.0. The molecule has 0 aliphatic carbocycles. The maximum Gasteiger partial charge on any atom is 0.410 e. The standard InChI is InChI=1S/C18H18N2O3S/c1-19-11-18(23-17(19)22)7-8-20(12-18)16(21)14-4-2-13(3-5-14)15-6-9-24-10-15/h2-6,9-10H,7-8,11-12H2,1H3. The summed E-state index contributed by atoms with van der Waals surface area (Å²) in [4.78, 5) is 27.7. The Morgan fingerprint density at radius 3 is 2.58 bits per heavy atom. The molecular weight excluding hydrogens is 324 g/mol. The third kappa shape index (κ3) is 2.57. The number of amides is 2. The van der Waals surface area contributed by atoms with Crippen LogP contribution < -0.4 is 0 Å². The van der Waals surface area contributed by atoms with Crippen molar-refractivity contribution in [1.29, 1.82) is 0 Å². The van der Waals surface area contributed by atoms with Crippen LogP contribution in [-0.2, 0) is 4.74 Å². The molecular formula is C18H18N2O3S. The fraction of sp³-hybridized carbons (Fsp3) is 0.333. The van der Waals surface area contributed by atoms with Gasteiger partial charge in [-0.1, -0.05) is 12.1 Å². The molecule has 1 aromatic carbocycles. The summed E-state index contributed by atoms with van der Waals surface area (Å²) >= 11 is 1.66. The first-order chi connectivity index (χ1) is 11.6. The Morgan fingerprint density at radius 2 is 1.96 bits per heavy atom. The molecule has 2 saturated heterocycles. The zero-order valence-electron chi connectivity index (χ0n) is 13.4. The van der Waals surface area contributed by atoms with Gasteiger partial charge in [0.15, 0.2) is 5.60 Å². The molecule has 1 aromatic heterocycles. The van der Waals surface area contributed by atoms with E-state index in [1.54, 1.807) is 28.2 Å². The van der Waals surface area contributed by atoms with Gasteiger partial charge >= 0.3 is 6.09 Å². The molecule has 2 aliphatic heterocycles. The number of likely N-dealkylation sites (N-methyl/N-ethyl adjacent to an activating group) is 1. The van der Waals surface area contributed by atoms with E-state index < -0.39 is 5.60 Å². The molecule has 0 saturated carbocycles. The highest BCUT2D eigenvalue weighted by molar-refractivity contribution is 7.08. The van der Waals surface area contributed by atoms with Crippen molar-refractivity contribution in [1.82, 2.24) is 9.80 Å². The molecule has 24 heavy (non-hydrogen) atoms. The second-order valence-electron chi connectivity index (χ2n) is 6.47. The van der Waals surface area contributed by atoms with E-state index >= 15 is 0 Å². The van der Waals surface area contributed by atoms with Crippen LogP contribution in [0.5, 0.6) is 0 Å². The minimum absolute atomic E-state index is 0.00524. The second-order valence-corrected chi connectivity index (χ2v) is 7.25. The SMILES string of the molecule is CN1CC2(CCN(C(=O)c3ccc(-c4ccsc4)cc3)C2)OC1=O. The maximum absolute atomic E-state index is 12.7. The van der Waals surface area contributed by atoms with Gasteiger partial charge in [0.2, 0.25) is 0 Å². The maximum atomic E-state index is 12.7. The van der Waals surface area contributed by atoms with E-state index in [0.717, 1.165) is 5.56 Å². The molecule has 6 heteroatoms. The summed E-state index contributed by atoms with van der Waals surface area (Å²) < 4.78 is 5.50. The van der Waals surface area contributed by atoms with Crippen molar-refractivity contribution in [3.8, 4) is 11.1 Å². The highest BCUT2D eigenvalue weighted by Gasteiger charge is 2.49. The Kier molecular flexibility index (Phi) is 3.57. The summed E-state index contributed by atoms with van der Waals surface area (Å²) in [5.41, 5.74) is 2.42. The minimum Gasteiger partial charge on any atom is -0.439 e. The summed E-state index contributed by atoms with van der Waals surface area (Å²) in [5, 5.41) is 4.13. The third-order valence-electron chi connectivity index (χ3n) is 4.73. The fourth-order valence-corrected chi connectivity index (χ4v) is 4.10. The number of hydrogen-bond donors (Lipinski definition) is 0. The zero-order valence-corrected chi connectivity index (χ0v) is 14.2. The van der Waals surface area contributed by atoms with Crippen molar-refractivity contribution in [3.05, 3.63) is 46.7 Å². The van der Waals surface area contributed by atoms with Crippen molar-refractivity contribution in [2.75, 3.05) is 26.7 Å². The lowest BCUT2D eigenvalue weighted by molar-refractivity contribution is 0.0553. The minimum atomic E-state index is -0.530. The molecule has 3 heterocycles. The summed E-state index contributed by atoms with van der Waals surface area (Å²) in [5.74, 6) is -0.00524. The van der Waals surface area contributed by atoms with Gasteiger partial charge < -0.3 is 14.5 Å². The number of carbonyl (C=O) groups excluding carboxylic acids is 2. The summed E-state index contributed by atoms with van der Waals surface area (Å²) in [6.07, 6.45) is 0.395. The van der Waals surface area contributed by atoms with Gasteiger partial charge in [0.25, 0.3) is 5.91 Å². The van der Waals surface area contributed by atoms with Gasteiger partial charge in [-0.3, -0.25) is 4.79 Å². The van der Waals surface area contributed by atoms with Crippen LogP contribution in [0.2, 0.25) is 0 Å². The molecule has 1 spiro atoms. The second kappa shape index (κ2) is 5.63. The largest absolute Gasteiger partial charge is 0.439 e. The molecule has 2 amide bonds. The van der Waals surface area contributed by atoms with Gasteiger partial charge in [-0.25, -0.2) is 4.79 Å². The van der Waals surface area contributed by atoms with Crippen molar-refractivity contribution in [3.63, 3.8) is 0 Å². The monoisotopic (exact) mass is 342 g/mol. The molecule has 2 aromatic rings. The van der Waals surface area contributed by atoms with Crippen molar-refractivity contribution >= 4 is 23.3 Å². The lowest BCUT2D eigenvalue weighted by Crippen LogP contribution is -2.39.